The minimum atomic E-state index is 0.183. The van der Waals surface area contributed by atoms with Gasteiger partial charge in [0.2, 0.25) is 5.91 Å². The third kappa shape index (κ3) is 3.21. The van der Waals surface area contributed by atoms with E-state index in [1.807, 2.05) is 31.0 Å². The first-order valence-electron chi connectivity index (χ1n) is 9.24. The first-order valence-corrected chi connectivity index (χ1v) is 9.24. The number of fused-ring (bicyclic) bond motifs is 1. The zero-order chi connectivity index (χ0) is 18.1. The summed E-state index contributed by atoms with van der Waals surface area (Å²) in [7, 11) is 0. The van der Waals surface area contributed by atoms with E-state index in [9.17, 15) is 4.79 Å². The molecule has 1 amide bonds. The number of hydrogen-bond acceptors (Lipinski definition) is 3. The van der Waals surface area contributed by atoms with Crippen molar-refractivity contribution in [3.05, 3.63) is 59.2 Å². The molecule has 2 aromatic heterocycles. The van der Waals surface area contributed by atoms with Gasteiger partial charge in [0.05, 0.1) is 12.1 Å². The first-order chi connectivity index (χ1) is 12.6. The molecule has 0 radical (unpaired) electrons. The number of likely N-dealkylation sites (tertiary alicyclic amines) is 1. The second-order valence-corrected chi connectivity index (χ2v) is 7.22. The third-order valence-corrected chi connectivity index (χ3v) is 5.45. The molecule has 1 saturated heterocycles. The van der Waals surface area contributed by atoms with E-state index in [1.165, 1.54) is 5.39 Å². The SMILES string of the molecule is Cc1n[nH]c(C)c1CC(=O)N1CCC[C@H](c2cc3ccccc3cn2)C1. The maximum atomic E-state index is 12.8. The summed E-state index contributed by atoms with van der Waals surface area (Å²) >= 11 is 0. The molecule has 26 heavy (non-hydrogen) atoms. The van der Waals surface area contributed by atoms with Crippen LogP contribution in [0.2, 0.25) is 0 Å². The fourth-order valence-corrected chi connectivity index (χ4v) is 3.87. The molecule has 134 valence electrons. The molecule has 1 atom stereocenters. The van der Waals surface area contributed by atoms with Crippen molar-refractivity contribution in [2.75, 3.05) is 13.1 Å². The normalized spacial score (nSPS) is 17.6. The fourth-order valence-electron chi connectivity index (χ4n) is 3.87. The van der Waals surface area contributed by atoms with Gasteiger partial charge in [-0.1, -0.05) is 24.3 Å². The van der Waals surface area contributed by atoms with Gasteiger partial charge in [-0.15, -0.1) is 0 Å². The number of carbonyl (C=O) groups excluding carboxylic acids is 1. The van der Waals surface area contributed by atoms with E-state index in [2.05, 4.69) is 39.4 Å². The van der Waals surface area contributed by atoms with E-state index in [-0.39, 0.29) is 5.91 Å². The van der Waals surface area contributed by atoms with E-state index < -0.39 is 0 Å². The fraction of sp³-hybridized carbons (Fsp3) is 0.381. The summed E-state index contributed by atoms with van der Waals surface area (Å²) in [5.74, 6) is 0.493. The Kier molecular flexibility index (Phi) is 4.45. The van der Waals surface area contributed by atoms with E-state index >= 15 is 0 Å². The van der Waals surface area contributed by atoms with Gasteiger partial charge < -0.3 is 4.90 Å². The molecule has 1 aliphatic rings. The van der Waals surface area contributed by atoms with Crippen LogP contribution in [0.25, 0.3) is 10.8 Å². The van der Waals surface area contributed by atoms with Gasteiger partial charge in [0.1, 0.15) is 0 Å². The predicted octanol–water partition coefficient (Wildman–Crippen LogP) is 3.52. The Morgan fingerprint density at radius 1 is 1.27 bits per heavy atom. The lowest BCUT2D eigenvalue weighted by Gasteiger charge is -2.32. The highest BCUT2D eigenvalue weighted by Gasteiger charge is 2.26. The molecule has 1 aromatic carbocycles. The van der Waals surface area contributed by atoms with Gasteiger partial charge >= 0.3 is 0 Å². The summed E-state index contributed by atoms with van der Waals surface area (Å²) < 4.78 is 0. The number of amides is 1. The van der Waals surface area contributed by atoms with Gasteiger partial charge in [-0.25, -0.2) is 0 Å². The molecule has 5 nitrogen and oxygen atoms in total. The molecule has 0 aliphatic carbocycles. The second kappa shape index (κ2) is 6.90. The average Bonchev–Trinajstić information content (AvgIpc) is 2.99. The Morgan fingerprint density at radius 2 is 2.08 bits per heavy atom. The van der Waals surface area contributed by atoms with Gasteiger partial charge in [0.15, 0.2) is 0 Å². The Hall–Kier alpha value is -2.69. The molecule has 0 saturated carbocycles. The van der Waals surface area contributed by atoms with Crippen molar-refractivity contribution in [3.63, 3.8) is 0 Å². The summed E-state index contributed by atoms with van der Waals surface area (Å²) in [6, 6.07) is 10.5. The van der Waals surface area contributed by atoms with Gasteiger partial charge in [0, 0.05) is 47.5 Å². The van der Waals surface area contributed by atoms with Crippen molar-refractivity contribution in [1.82, 2.24) is 20.1 Å². The van der Waals surface area contributed by atoms with Crippen LogP contribution in [0.15, 0.2) is 36.5 Å². The van der Waals surface area contributed by atoms with Crippen molar-refractivity contribution >= 4 is 16.7 Å². The molecule has 3 aromatic rings. The summed E-state index contributed by atoms with van der Waals surface area (Å²) in [6.45, 7) is 5.50. The molecule has 1 N–H and O–H groups in total. The highest BCUT2D eigenvalue weighted by atomic mass is 16.2. The zero-order valence-corrected chi connectivity index (χ0v) is 15.3. The summed E-state index contributed by atoms with van der Waals surface area (Å²) in [5.41, 5.74) is 4.03. The van der Waals surface area contributed by atoms with Crippen LogP contribution in [0.3, 0.4) is 0 Å². The molecule has 1 aliphatic heterocycles. The minimum absolute atomic E-state index is 0.183. The van der Waals surface area contributed by atoms with Crippen LogP contribution in [0, 0.1) is 13.8 Å². The number of aromatic amines is 1. The van der Waals surface area contributed by atoms with Crippen molar-refractivity contribution < 1.29 is 4.79 Å². The molecule has 0 spiro atoms. The molecular weight excluding hydrogens is 324 g/mol. The van der Waals surface area contributed by atoms with Crippen LogP contribution >= 0.6 is 0 Å². The van der Waals surface area contributed by atoms with Crippen LogP contribution in [0.5, 0.6) is 0 Å². The van der Waals surface area contributed by atoms with Crippen molar-refractivity contribution in [2.45, 2.75) is 39.0 Å². The molecule has 1 fully saturated rings. The molecule has 5 heteroatoms. The lowest BCUT2D eigenvalue weighted by Crippen LogP contribution is -2.40. The summed E-state index contributed by atoms with van der Waals surface area (Å²) in [5, 5.41) is 9.54. The van der Waals surface area contributed by atoms with E-state index in [4.69, 9.17) is 0 Å². The molecular formula is C21H24N4O. The van der Waals surface area contributed by atoms with Crippen molar-refractivity contribution in [3.8, 4) is 0 Å². The van der Waals surface area contributed by atoms with Gasteiger partial charge in [-0.05, 0) is 38.1 Å². The Morgan fingerprint density at radius 3 is 2.85 bits per heavy atom. The van der Waals surface area contributed by atoms with Gasteiger partial charge in [-0.2, -0.15) is 5.10 Å². The van der Waals surface area contributed by atoms with Crippen LogP contribution in [-0.4, -0.2) is 39.1 Å². The quantitative estimate of drug-likeness (QED) is 0.788. The lowest BCUT2D eigenvalue weighted by molar-refractivity contribution is -0.131. The number of piperidine rings is 1. The maximum absolute atomic E-state index is 12.8. The molecule has 0 unspecified atom stereocenters. The highest BCUT2D eigenvalue weighted by molar-refractivity contribution is 5.82. The largest absolute Gasteiger partial charge is 0.342 e. The number of nitrogens with zero attached hydrogens (tertiary/aromatic N) is 3. The Labute approximate surface area is 153 Å². The maximum Gasteiger partial charge on any atom is 0.227 e. The number of H-pyrrole nitrogens is 1. The topological polar surface area (TPSA) is 61.9 Å². The van der Waals surface area contributed by atoms with E-state index in [0.717, 1.165) is 54.0 Å². The van der Waals surface area contributed by atoms with Crippen LogP contribution in [0.4, 0.5) is 0 Å². The van der Waals surface area contributed by atoms with Crippen LogP contribution < -0.4 is 0 Å². The molecule has 4 rings (SSSR count). The Balaban J connectivity index is 1.50. The predicted molar refractivity (Wildman–Crippen MR) is 102 cm³/mol. The second-order valence-electron chi connectivity index (χ2n) is 7.22. The average molecular weight is 348 g/mol. The lowest BCUT2D eigenvalue weighted by atomic mass is 9.93. The van der Waals surface area contributed by atoms with Gasteiger partial charge in [0.25, 0.3) is 0 Å². The van der Waals surface area contributed by atoms with Crippen LogP contribution in [0.1, 0.15) is 41.4 Å². The summed E-state index contributed by atoms with van der Waals surface area (Å²) in [6.07, 6.45) is 4.48. The molecule has 0 bridgehead atoms. The number of hydrogen-bond donors (Lipinski definition) is 1. The number of benzene rings is 1. The van der Waals surface area contributed by atoms with Crippen molar-refractivity contribution in [1.29, 1.82) is 0 Å². The zero-order valence-electron chi connectivity index (χ0n) is 15.3. The van der Waals surface area contributed by atoms with Gasteiger partial charge in [-0.3, -0.25) is 14.9 Å². The first kappa shape index (κ1) is 16.8. The monoisotopic (exact) mass is 348 g/mol. The smallest absolute Gasteiger partial charge is 0.227 e. The number of nitrogens with one attached hydrogen (secondary N) is 1. The van der Waals surface area contributed by atoms with Crippen LogP contribution in [-0.2, 0) is 11.2 Å². The highest BCUT2D eigenvalue weighted by Crippen LogP contribution is 2.28. The number of aromatic nitrogens is 3. The number of aryl methyl sites for hydroxylation is 2. The van der Waals surface area contributed by atoms with E-state index in [1.54, 1.807) is 0 Å². The van der Waals surface area contributed by atoms with Crippen molar-refractivity contribution in [2.24, 2.45) is 0 Å². The summed E-state index contributed by atoms with van der Waals surface area (Å²) in [4.78, 5) is 19.5. The number of rotatable bonds is 3. The number of pyridine rings is 1. The standard InChI is InChI=1S/C21H24N4O/c1-14-19(15(2)24-23-14)11-21(26)25-9-5-8-18(13-25)20-10-16-6-3-4-7-17(16)12-22-20/h3-4,6-7,10,12,18H,5,8-9,11,13H2,1-2H3,(H,23,24)/t18-/m0/s1. The number of carbonyl (C=O) groups is 1. The van der Waals surface area contributed by atoms with E-state index in [0.29, 0.717) is 12.3 Å². The Bertz CT molecular complexity index is 927. The molecule has 3 heterocycles. The minimum Gasteiger partial charge on any atom is -0.342 e. The third-order valence-electron chi connectivity index (χ3n) is 5.45.